The number of ketones is 1. The first-order chi connectivity index (χ1) is 14.5. The highest BCUT2D eigenvalue weighted by molar-refractivity contribution is 7.99. The number of Topliss-reactive ketones (excluding diaryl/α,β-unsaturated/α-hetero) is 1. The Labute approximate surface area is 180 Å². The lowest BCUT2D eigenvalue weighted by molar-refractivity contribution is 0.0937. The van der Waals surface area contributed by atoms with Crippen LogP contribution in [0.5, 0.6) is 0 Å². The van der Waals surface area contributed by atoms with E-state index in [1.165, 1.54) is 11.8 Å². The van der Waals surface area contributed by atoms with E-state index in [2.05, 4.69) is 22.1 Å². The van der Waals surface area contributed by atoms with Crippen molar-refractivity contribution in [3.05, 3.63) is 89.8 Å². The van der Waals surface area contributed by atoms with E-state index in [9.17, 15) is 9.59 Å². The number of hydrogen-bond acceptors (Lipinski definition) is 5. The van der Waals surface area contributed by atoms with Crippen molar-refractivity contribution in [1.29, 1.82) is 0 Å². The third kappa shape index (κ3) is 5.24. The summed E-state index contributed by atoms with van der Waals surface area (Å²) in [5.41, 5.74) is 2.35. The number of aryl methyl sites for hydroxylation is 1. The summed E-state index contributed by atoms with van der Waals surface area (Å²) in [5, 5.41) is 12.1. The molecule has 0 fully saturated rings. The van der Waals surface area contributed by atoms with E-state index in [4.69, 9.17) is 0 Å². The molecule has 0 saturated carbocycles. The lowest BCUT2D eigenvalue weighted by Gasteiger charge is -2.15. The van der Waals surface area contributed by atoms with Gasteiger partial charge in [-0.15, -0.1) is 16.8 Å². The average Bonchev–Trinajstić information content (AvgIpc) is 3.16. The van der Waals surface area contributed by atoms with Gasteiger partial charge in [0.15, 0.2) is 16.8 Å². The monoisotopic (exact) mass is 420 g/mol. The van der Waals surface area contributed by atoms with E-state index in [-0.39, 0.29) is 23.5 Å². The smallest absolute Gasteiger partial charge is 0.251 e. The number of allylic oxidation sites excluding steroid dienone is 1. The summed E-state index contributed by atoms with van der Waals surface area (Å²) in [6.45, 7) is 8.11. The fourth-order valence-electron chi connectivity index (χ4n) is 2.91. The molecular weight excluding hydrogens is 396 g/mol. The molecule has 0 aliphatic rings. The molecule has 0 saturated heterocycles. The Morgan fingerprint density at radius 3 is 2.47 bits per heavy atom. The number of rotatable bonds is 9. The molecule has 3 aromatic rings. The first-order valence-electron chi connectivity index (χ1n) is 9.62. The second kappa shape index (κ2) is 10.0. The number of carbonyl (C=O) groups is 2. The van der Waals surface area contributed by atoms with Crippen LogP contribution < -0.4 is 5.32 Å². The topological polar surface area (TPSA) is 76.9 Å². The normalized spacial score (nSPS) is 11.7. The Morgan fingerprint density at radius 2 is 1.80 bits per heavy atom. The molecule has 0 bridgehead atoms. The first kappa shape index (κ1) is 21.5. The standard InChI is InChI=1S/C23H24N4O2S/c1-4-14-27-21(17(3)24-22(29)19-12-10-16(2)11-13-19)25-26-23(27)30-15-20(28)18-8-6-5-7-9-18/h4-13,17H,1,14-15H2,2-3H3,(H,24,29). The summed E-state index contributed by atoms with van der Waals surface area (Å²) in [6, 6.07) is 16.2. The Morgan fingerprint density at radius 1 is 1.10 bits per heavy atom. The lowest BCUT2D eigenvalue weighted by Crippen LogP contribution is -2.28. The summed E-state index contributed by atoms with van der Waals surface area (Å²) in [6.07, 6.45) is 1.74. The minimum Gasteiger partial charge on any atom is -0.342 e. The first-order valence-corrected chi connectivity index (χ1v) is 10.6. The number of nitrogens with one attached hydrogen (secondary N) is 1. The van der Waals surface area contributed by atoms with E-state index >= 15 is 0 Å². The van der Waals surface area contributed by atoms with Crippen molar-refractivity contribution >= 4 is 23.5 Å². The average molecular weight is 421 g/mol. The van der Waals surface area contributed by atoms with E-state index in [0.29, 0.717) is 28.7 Å². The van der Waals surface area contributed by atoms with Crippen molar-refractivity contribution in [1.82, 2.24) is 20.1 Å². The molecule has 6 nitrogen and oxygen atoms in total. The van der Waals surface area contributed by atoms with Crippen molar-refractivity contribution in [3.63, 3.8) is 0 Å². The van der Waals surface area contributed by atoms with Crippen molar-refractivity contribution in [2.24, 2.45) is 0 Å². The van der Waals surface area contributed by atoms with Crippen LogP contribution in [-0.2, 0) is 6.54 Å². The highest BCUT2D eigenvalue weighted by Gasteiger charge is 2.20. The van der Waals surface area contributed by atoms with Crippen molar-refractivity contribution in [3.8, 4) is 0 Å². The van der Waals surface area contributed by atoms with E-state index in [1.54, 1.807) is 30.3 Å². The van der Waals surface area contributed by atoms with E-state index in [0.717, 1.165) is 5.56 Å². The van der Waals surface area contributed by atoms with Crippen LogP contribution in [0.25, 0.3) is 0 Å². The summed E-state index contributed by atoms with van der Waals surface area (Å²) in [5.74, 6) is 0.716. The molecule has 30 heavy (non-hydrogen) atoms. The molecule has 0 spiro atoms. The fraction of sp³-hybridized carbons (Fsp3) is 0.217. The number of thioether (sulfide) groups is 1. The van der Waals surface area contributed by atoms with Crippen LogP contribution in [0.1, 0.15) is 45.1 Å². The quantitative estimate of drug-likeness (QED) is 0.318. The van der Waals surface area contributed by atoms with Gasteiger partial charge in [0.05, 0.1) is 11.8 Å². The van der Waals surface area contributed by atoms with Gasteiger partial charge in [-0.05, 0) is 26.0 Å². The highest BCUT2D eigenvalue weighted by atomic mass is 32.2. The minimum absolute atomic E-state index is 0.0241. The summed E-state index contributed by atoms with van der Waals surface area (Å²) >= 11 is 1.32. The second-order valence-corrected chi connectivity index (χ2v) is 7.82. The Kier molecular flexibility index (Phi) is 7.19. The molecule has 1 N–H and O–H groups in total. The van der Waals surface area contributed by atoms with Crippen LogP contribution in [0.15, 0.2) is 72.4 Å². The molecule has 7 heteroatoms. The molecule has 2 aromatic carbocycles. The Hall–Kier alpha value is -3.19. The molecule has 154 valence electrons. The number of hydrogen-bond donors (Lipinski definition) is 1. The molecule has 1 unspecified atom stereocenters. The Bertz CT molecular complexity index is 1030. The third-order valence-corrected chi connectivity index (χ3v) is 5.50. The van der Waals surface area contributed by atoms with Gasteiger partial charge in [0.25, 0.3) is 5.91 Å². The van der Waals surface area contributed by atoms with Gasteiger partial charge in [-0.1, -0.05) is 65.9 Å². The van der Waals surface area contributed by atoms with Crippen molar-refractivity contribution < 1.29 is 9.59 Å². The van der Waals surface area contributed by atoms with Crippen LogP contribution in [-0.4, -0.2) is 32.2 Å². The molecule has 1 heterocycles. The SMILES string of the molecule is C=CCn1c(SCC(=O)c2ccccc2)nnc1C(C)NC(=O)c1ccc(C)cc1. The van der Waals surface area contributed by atoms with Gasteiger partial charge < -0.3 is 9.88 Å². The van der Waals surface area contributed by atoms with Gasteiger partial charge in [-0.3, -0.25) is 9.59 Å². The zero-order valence-corrected chi connectivity index (χ0v) is 17.9. The second-order valence-electron chi connectivity index (χ2n) is 6.88. The molecule has 1 aromatic heterocycles. The zero-order valence-electron chi connectivity index (χ0n) is 17.0. The maximum absolute atomic E-state index is 12.5. The van der Waals surface area contributed by atoms with Crippen molar-refractivity contribution in [2.45, 2.75) is 31.6 Å². The third-order valence-electron chi connectivity index (χ3n) is 4.53. The number of aromatic nitrogens is 3. The lowest BCUT2D eigenvalue weighted by atomic mass is 10.1. The van der Waals surface area contributed by atoms with Crippen LogP contribution in [0, 0.1) is 6.92 Å². The van der Waals surface area contributed by atoms with Crippen LogP contribution in [0.2, 0.25) is 0 Å². The number of amides is 1. The maximum atomic E-state index is 12.5. The summed E-state index contributed by atoms with van der Waals surface area (Å²) < 4.78 is 1.87. The summed E-state index contributed by atoms with van der Waals surface area (Å²) in [7, 11) is 0. The molecule has 0 aliphatic heterocycles. The maximum Gasteiger partial charge on any atom is 0.251 e. The fourth-order valence-corrected chi connectivity index (χ4v) is 3.76. The van der Waals surface area contributed by atoms with Gasteiger partial charge in [0.2, 0.25) is 0 Å². The van der Waals surface area contributed by atoms with Crippen LogP contribution in [0.3, 0.4) is 0 Å². The van der Waals surface area contributed by atoms with Gasteiger partial charge >= 0.3 is 0 Å². The largest absolute Gasteiger partial charge is 0.342 e. The van der Waals surface area contributed by atoms with Crippen LogP contribution >= 0.6 is 11.8 Å². The Balaban J connectivity index is 1.71. The number of carbonyl (C=O) groups excluding carboxylic acids is 2. The van der Waals surface area contributed by atoms with Gasteiger partial charge in [-0.2, -0.15) is 0 Å². The summed E-state index contributed by atoms with van der Waals surface area (Å²) in [4.78, 5) is 24.9. The molecular formula is C23H24N4O2S. The van der Waals surface area contributed by atoms with Gasteiger partial charge in [0, 0.05) is 17.7 Å². The predicted molar refractivity (Wildman–Crippen MR) is 119 cm³/mol. The van der Waals surface area contributed by atoms with Crippen LogP contribution in [0.4, 0.5) is 0 Å². The number of nitrogens with zero attached hydrogens (tertiary/aromatic N) is 3. The van der Waals surface area contributed by atoms with Gasteiger partial charge in [-0.25, -0.2) is 0 Å². The molecule has 3 rings (SSSR count). The molecule has 1 atom stereocenters. The molecule has 0 aliphatic carbocycles. The molecule has 0 radical (unpaired) electrons. The van der Waals surface area contributed by atoms with E-state index < -0.39 is 0 Å². The predicted octanol–water partition coefficient (Wildman–Crippen LogP) is 4.24. The minimum atomic E-state index is -0.356. The van der Waals surface area contributed by atoms with E-state index in [1.807, 2.05) is 48.7 Å². The van der Waals surface area contributed by atoms with Gasteiger partial charge in [0.1, 0.15) is 0 Å². The highest BCUT2D eigenvalue weighted by Crippen LogP contribution is 2.22. The molecule has 1 amide bonds. The zero-order chi connectivity index (χ0) is 21.5. The van der Waals surface area contributed by atoms with Crippen molar-refractivity contribution in [2.75, 3.05) is 5.75 Å². The number of benzene rings is 2.